The van der Waals surface area contributed by atoms with Gasteiger partial charge in [-0.25, -0.2) is 4.79 Å². The molecule has 2 amide bonds. The Morgan fingerprint density at radius 3 is 3.05 bits per heavy atom. The number of hydrogen-bond acceptors (Lipinski definition) is 4. The summed E-state index contributed by atoms with van der Waals surface area (Å²) in [6, 6.07) is 3.84. The molecule has 0 bridgehead atoms. The third-order valence-electron chi connectivity index (χ3n) is 2.93. The lowest BCUT2D eigenvalue weighted by atomic mass is 10.3. The number of hydrogen-bond donors (Lipinski definition) is 2. The second-order valence-corrected chi connectivity index (χ2v) is 4.33. The van der Waals surface area contributed by atoms with Crippen molar-refractivity contribution in [2.24, 2.45) is 0 Å². The summed E-state index contributed by atoms with van der Waals surface area (Å²) in [5, 5.41) is 5.97. The van der Waals surface area contributed by atoms with Crippen LogP contribution in [-0.2, 0) is 6.54 Å². The van der Waals surface area contributed by atoms with E-state index in [1.54, 1.807) is 11.1 Å². The van der Waals surface area contributed by atoms with Crippen molar-refractivity contribution in [1.82, 2.24) is 20.5 Å². The zero-order valence-electron chi connectivity index (χ0n) is 11.2. The van der Waals surface area contributed by atoms with Crippen LogP contribution in [-0.4, -0.2) is 48.7 Å². The lowest BCUT2D eigenvalue weighted by Crippen LogP contribution is -2.31. The Labute approximate surface area is 113 Å². The smallest absolute Gasteiger partial charge is 0.317 e. The zero-order chi connectivity index (χ0) is 13.5. The summed E-state index contributed by atoms with van der Waals surface area (Å²) in [5.74, 6) is 0.736. The monoisotopic (exact) mass is 264 g/mol. The Balaban J connectivity index is 1.72. The molecule has 0 aromatic carbocycles. The number of pyridine rings is 1. The maximum atomic E-state index is 11.3. The number of ether oxygens (including phenoxy) is 1. The minimum absolute atomic E-state index is 0.0114. The Morgan fingerprint density at radius 1 is 1.53 bits per heavy atom. The number of rotatable bonds is 7. The minimum Gasteiger partial charge on any atom is -0.490 e. The van der Waals surface area contributed by atoms with Crippen LogP contribution in [0, 0.1) is 0 Å². The first-order valence-electron chi connectivity index (χ1n) is 6.61. The summed E-state index contributed by atoms with van der Waals surface area (Å²) >= 11 is 0. The van der Waals surface area contributed by atoms with E-state index in [-0.39, 0.29) is 6.03 Å². The first-order chi connectivity index (χ1) is 9.29. The lowest BCUT2D eigenvalue weighted by molar-refractivity contribution is 0.202. The molecule has 1 aliphatic heterocycles. The molecule has 104 valence electrons. The van der Waals surface area contributed by atoms with Crippen LogP contribution in [0.5, 0.6) is 5.75 Å². The highest BCUT2D eigenvalue weighted by Gasteiger charge is 2.18. The number of nitrogens with one attached hydrogen (secondary N) is 2. The Hall–Kier alpha value is -1.82. The topological polar surface area (TPSA) is 66.5 Å². The van der Waals surface area contributed by atoms with Gasteiger partial charge in [0.1, 0.15) is 12.4 Å². The molecule has 1 fully saturated rings. The van der Waals surface area contributed by atoms with Crippen LogP contribution >= 0.6 is 0 Å². The molecule has 1 aromatic heterocycles. The van der Waals surface area contributed by atoms with E-state index in [0.29, 0.717) is 13.2 Å². The van der Waals surface area contributed by atoms with Crippen LogP contribution in [0.15, 0.2) is 18.3 Å². The number of nitrogens with zero attached hydrogens (tertiary/aromatic N) is 2. The van der Waals surface area contributed by atoms with E-state index in [1.165, 1.54) is 0 Å². The fraction of sp³-hybridized carbons (Fsp3) is 0.538. The van der Waals surface area contributed by atoms with Gasteiger partial charge in [-0.1, -0.05) is 6.92 Å². The summed E-state index contributed by atoms with van der Waals surface area (Å²) in [4.78, 5) is 17.3. The Kier molecular flexibility index (Phi) is 4.97. The average molecular weight is 264 g/mol. The fourth-order valence-electron chi connectivity index (χ4n) is 1.85. The van der Waals surface area contributed by atoms with Gasteiger partial charge >= 0.3 is 6.03 Å². The predicted molar refractivity (Wildman–Crippen MR) is 72.1 cm³/mol. The maximum Gasteiger partial charge on any atom is 0.317 e. The standard InChI is InChI=1S/C13H20N4O2/c1-2-14-9-11-3-4-12(10-16-11)19-8-7-17-6-5-15-13(17)18/h3-4,10,14H,2,5-9H2,1H3,(H,15,18). The van der Waals surface area contributed by atoms with Crippen molar-refractivity contribution >= 4 is 6.03 Å². The van der Waals surface area contributed by atoms with Gasteiger partial charge in [-0.15, -0.1) is 0 Å². The molecule has 0 atom stereocenters. The largest absolute Gasteiger partial charge is 0.490 e. The van der Waals surface area contributed by atoms with Crippen molar-refractivity contribution in [1.29, 1.82) is 0 Å². The molecule has 0 aliphatic carbocycles. The van der Waals surface area contributed by atoms with Crippen LogP contribution in [0.3, 0.4) is 0 Å². The molecule has 0 spiro atoms. The summed E-state index contributed by atoms with van der Waals surface area (Å²) in [6.45, 7) is 6.32. The van der Waals surface area contributed by atoms with Crippen LogP contribution in [0.4, 0.5) is 4.79 Å². The van der Waals surface area contributed by atoms with Crippen molar-refractivity contribution in [3.05, 3.63) is 24.0 Å². The summed E-state index contributed by atoms with van der Waals surface area (Å²) in [7, 11) is 0. The minimum atomic E-state index is -0.0114. The number of amides is 2. The lowest BCUT2D eigenvalue weighted by Gasteiger charge is -2.14. The highest BCUT2D eigenvalue weighted by molar-refractivity contribution is 5.76. The first kappa shape index (κ1) is 13.6. The van der Waals surface area contributed by atoms with Crippen molar-refractivity contribution in [2.45, 2.75) is 13.5 Å². The van der Waals surface area contributed by atoms with Crippen LogP contribution in [0.1, 0.15) is 12.6 Å². The van der Waals surface area contributed by atoms with Crippen molar-refractivity contribution in [3.8, 4) is 5.75 Å². The first-order valence-corrected chi connectivity index (χ1v) is 6.61. The van der Waals surface area contributed by atoms with Crippen molar-refractivity contribution in [3.63, 3.8) is 0 Å². The van der Waals surface area contributed by atoms with Crippen LogP contribution in [0.2, 0.25) is 0 Å². The van der Waals surface area contributed by atoms with E-state index < -0.39 is 0 Å². The molecule has 2 N–H and O–H groups in total. The van der Waals surface area contributed by atoms with E-state index in [4.69, 9.17) is 4.74 Å². The van der Waals surface area contributed by atoms with Gasteiger partial charge in [0.2, 0.25) is 0 Å². The molecular formula is C13H20N4O2. The van der Waals surface area contributed by atoms with Gasteiger partial charge in [0.05, 0.1) is 18.4 Å². The molecule has 2 heterocycles. The third kappa shape index (κ3) is 4.10. The average Bonchev–Trinajstić information content (AvgIpc) is 2.84. The quantitative estimate of drug-likeness (QED) is 0.756. The summed E-state index contributed by atoms with van der Waals surface area (Å²) in [5.41, 5.74) is 0.994. The third-order valence-corrected chi connectivity index (χ3v) is 2.93. The van der Waals surface area contributed by atoms with Gasteiger partial charge < -0.3 is 20.3 Å². The van der Waals surface area contributed by atoms with Gasteiger partial charge in [0.25, 0.3) is 0 Å². The second-order valence-electron chi connectivity index (χ2n) is 4.33. The molecule has 6 heteroatoms. The molecule has 1 aromatic rings. The molecule has 0 radical (unpaired) electrons. The van der Waals surface area contributed by atoms with Crippen LogP contribution in [0.25, 0.3) is 0 Å². The van der Waals surface area contributed by atoms with Gasteiger partial charge in [0, 0.05) is 19.6 Å². The molecule has 0 unspecified atom stereocenters. The fourth-order valence-corrected chi connectivity index (χ4v) is 1.85. The molecular weight excluding hydrogens is 244 g/mol. The van der Waals surface area contributed by atoms with Gasteiger partial charge in [-0.05, 0) is 18.7 Å². The van der Waals surface area contributed by atoms with Crippen molar-refractivity contribution < 1.29 is 9.53 Å². The van der Waals surface area contributed by atoms with Crippen LogP contribution < -0.4 is 15.4 Å². The number of urea groups is 1. The van der Waals surface area contributed by atoms with E-state index in [2.05, 4.69) is 22.5 Å². The van der Waals surface area contributed by atoms with Crippen molar-refractivity contribution in [2.75, 3.05) is 32.8 Å². The number of carbonyl (C=O) groups is 1. The number of aromatic nitrogens is 1. The van der Waals surface area contributed by atoms with E-state index in [1.807, 2.05) is 12.1 Å². The highest BCUT2D eigenvalue weighted by atomic mass is 16.5. The zero-order valence-corrected chi connectivity index (χ0v) is 11.2. The maximum absolute atomic E-state index is 11.3. The number of carbonyl (C=O) groups excluding carboxylic acids is 1. The molecule has 1 saturated heterocycles. The van der Waals surface area contributed by atoms with Gasteiger partial charge in [-0.2, -0.15) is 0 Å². The summed E-state index contributed by atoms with van der Waals surface area (Å²) < 4.78 is 5.57. The molecule has 2 rings (SSSR count). The normalized spacial score (nSPS) is 14.6. The highest BCUT2D eigenvalue weighted by Crippen LogP contribution is 2.09. The van der Waals surface area contributed by atoms with Gasteiger partial charge in [0.15, 0.2) is 0 Å². The summed E-state index contributed by atoms with van der Waals surface area (Å²) in [6.07, 6.45) is 1.72. The molecule has 6 nitrogen and oxygen atoms in total. The Morgan fingerprint density at radius 2 is 2.42 bits per heavy atom. The van der Waals surface area contributed by atoms with Gasteiger partial charge in [-0.3, -0.25) is 4.98 Å². The van der Waals surface area contributed by atoms with E-state index in [9.17, 15) is 4.79 Å². The van der Waals surface area contributed by atoms with E-state index >= 15 is 0 Å². The predicted octanol–water partition coefficient (Wildman–Crippen LogP) is 0.595. The molecule has 0 saturated carbocycles. The molecule has 19 heavy (non-hydrogen) atoms. The Bertz CT molecular complexity index is 408. The SMILES string of the molecule is CCNCc1ccc(OCCN2CCNC2=O)cn1. The molecule has 1 aliphatic rings. The van der Waals surface area contributed by atoms with E-state index in [0.717, 1.165) is 37.6 Å². The second kappa shape index (κ2) is 6.94.